The van der Waals surface area contributed by atoms with Gasteiger partial charge in [0.2, 0.25) is 5.91 Å². The summed E-state index contributed by atoms with van der Waals surface area (Å²) in [4.78, 5) is 12.5. The van der Waals surface area contributed by atoms with Crippen LogP contribution in [0.4, 0.5) is 5.69 Å². The number of aromatic nitrogens is 3. The van der Waals surface area contributed by atoms with Crippen LogP contribution < -0.4 is 5.32 Å². The van der Waals surface area contributed by atoms with Gasteiger partial charge in [-0.25, -0.2) is 0 Å². The van der Waals surface area contributed by atoms with Gasteiger partial charge in [-0.1, -0.05) is 59.8 Å². The fraction of sp³-hybridized carbons (Fsp3) is 0.250. The lowest BCUT2D eigenvalue weighted by atomic mass is 10.2. The third-order valence-corrected chi connectivity index (χ3v) is 5.14. The summed E-state index contributed by atoms with van der Waals surface area (Å²) in [5.74, 6) is 0.785. The van der Waals surface area contributed by atoms with E-state index in [1.165, 1.54) is 17.3 Å². The fourth-order valence-electron chi connectivity index (χ4n) is 2.49. The van der Waals surface area contributed by atoms with Crippen molar-refractivity contribution in [3.63, 3.8) is 0 Å². The molecule has 6 heteroatoms. The Labute approximate surface area is 157 Å². The Kier molecular flexibility index (Phi) is 5.73. The van der Waals surface area contributed by atoms with Gasteiger partial charge in [-0.2, -0.15) is 0 Å². The molecule has 0 aliphatic carbocycles. The summed E-state index contributed by atoms with van der Waals surface area (Å²) in [6.45, 7) is 6.52. The van der Waals surface area contributed by atoms with Crippen LogP contribution in [-0.2, 0) is 11.3 Å². The SMILES string of the molecule is Cc1ccc(NC(=O)[C@@H](C)Sc2nnc(C)n2Cc2ccccc2)cc1. The van der Waals surface area contributed by atoms with Gasteiger partial charge in [-0.3, -0.25) is 4.79 Å². The van der Waals surface area contributed by atoms with Crippen molar-refractivity contribution < 1.29 is 4.79 Å². The minimum Gasteiger partial charge on any atom is -0.325 e. The highest BCUT2D eigenvalue weighted by Gasteiger charge is 2.19. The lowest BCUT2D eigenvalue weighted by molar-refractivity contribution is -0.115. The maximum Gasteiger partial charge on any atom is 0.237 e. The number of hydrogen-bond acceptors (Lipinski definition) is 4. The van der Waals surface area contributed by atoms with E-state index in [-0.39, 0.29) is 11.2 Å². The maximum atomic E-state index is 12.5. The topological polar surface area (TPSA) is 59.8 Å². The van der Waals surface area contributed by atoms with Crippen LogP contribution in [0.3, 0.4) is 0 Å². The Morgan fingerprint density at radius 1 is 1.08 bits per heavy atom. The molecule has 1 atom stereocenters. The second kappa shape index (κ2) is 8.19. The first-order valence-corrected chi connectivity index (χ1v) is 9.39. The van der Waals surface area contributed by atoms with Crippen molar-refractivity contribution in [3.8, 4) is 0 Å². The standard InChI is InChI=1S/C20H22N4OS/c1-14-9-11-18(12-10-14)21-19(25)15(2)26-20-23-22-16(3)24(20)13-17-7-5-4-6-8-17/h4-12,15H,13H2,1-3H3,(H,21,25)/t15-/m1/s1. The molecule has 0 fully saturated rings. The number of carbonyl (C=O) groups is 1. The summed E-state index contributed by atoms with van der Waals surface area (Å²) in [5.41, 5.74) is 3.14. The third kappa shape index (κ3) is 4.52. The van der Waals surface area contributed by atoms with E-state index in [4.69, 9.17) is 0 Å². The first-order valence-electron chi connectivity index (χ1n) is 8.51. The number of thioether (sulfide) groups is 1. The second-order valence-electron chi connectivity index (χ2n) is 6.22. The van der Waals surface area contributed by atoms with Crippen molar-refractivity contribution in [1.82, 2.24) is 14.8 Å². The summed E-state index contributed by atoms with van der Waals surface area (Å²) >= 11 is 1.42. The zero-order chi connectivity index (χ0) is 18.5. The van der Waals surface area contributed by atoms with Crippen LogP contribution in [0.1, 0.15) is 23.9 Å². The van der Waals surface area contributed by atoms with Crippen molar-refractivity contribution in [3.05, 3.63) is 71.5 Å². The molecular weight excluding hydrogens is 344 g/mol. The van der Waals surface area contributed by atoms with Crippen LogP contribution in [0.5, 0.6) is 0 Å². The normalized spacial score (nSPS) is 12.0. The molecular formula is C20H22N4OS. The van der Waals surface area contributed by atoms with Crippen molar-refractivity contribution in [2.24, 2.45) is 0 Å². The summed E-state index contributed by atoms with van der Waals surface area (Å²) in [7, 11) is 0. The van der Waals surface area contributed by atoms with Crippen LogP contribution in [0.2, 0.25) is 0 Å². The van der Waals surface area contributed by atoms with Gasteiger partial charge < -0.3 is 9.88 Å². The summed E-state index contributed by atoms with van der Waals surface area (Å²) < 4.78 is 2.04. The number of amides is 1. The molecule has 0 radical (unpaired) electrons. The maximum absolute atomic E-state index is 12.5. The zero-order valence-corrected chi connectivity index (χ0v) is 16.0. The summed E-state index contributed by atoms with van der Waals surface area (Å²) in [6, 6.07) is 17.9. The molecule has 0 aliphatic rings. The first-order chi connectivity index (χ1) is 12.5. The van der Waals surface area contributed by atoms with Crippen molar-refractivity contribution >= 4 is 23.4 Å². The van der Waals surface area contributed by atoms with E-state index < -0.39 is 0 Å². The van der Waals surface area contributed by atoms with E-state index >= 15 is 0 Å². The van der Waals surface area contributed by atoms with E-state index in [2.05, 4.69) is 27.6 Å². The van der Waals surface area contributed by atoms with E-state index in [1.54, 1.807) is 0 Å². The fourth-order valence-corrected chi connectivity index (χ4v) is 3.38. The van der Waals surface area contributed by atoms with E-state index in [1.807, 2.05) is 67.8 Å². The van der Waals surface area contributed by atoms with Crippen LogP contribution in [0.15, 0.2) is 59.8 Å². The molecule has 1 aromatic heterocycles. The average Bonchev–Trinajstić information content (AvgIpc) is 2.98. The molecule has 134 valence electrons. The third-order valence-electron chi connectivity index (χ3n) is 4.06. The molecule has 26 heavy (non-hydrogen) atoms. The van der Waals surface area contributed by atoms with E-state index in [0.29, 0.717) is 6.54 Å². The smallest absolute Gasteiger partial charge is 0.237 e. The van der Waals surface area contributed by atoms with Crippen LogP contribution in [0.25, 0.3) is 0 Å². The van der Waals surface area contributed by atoms with Crippen LogP contribution in [-0.4, -0.2) is 25.9 Å². The number of nitrogens with zero attached hydrogens (tertiary/aromatic N) is 3. The number of carbonyl (C=O) groups excluding carboxylic acids is 1. The van der Waals surface area contributed by atoms with E-state index in [9.17, 15) is 4.79 Å². The van der Waals surface area contributed by atoms with Gasteiger partial charge in [0.15, 0.2) is 5.16 Å². The molecule has 1 heterocycles. The molecule has 1 amide bonds. The molecule has 0 aliphatic heterocycles. The number of anilines is 1. The van der Waals surface area contributed by atoms with Gasteiger partial charge in [0.25, 0.3) is 0 Å². The Bertz CT molecular complexity index is 875. The minimum atomic E-state index is -0.283. The van der Waals surface area contributed by atoms with Crippen molar-refractivity contribution in [2.75, 3.05) is 5.32 Å². The van der Waals surface area contributed by atoms with Crippen molar-refractivity contribution in [2.45, 2.75) is 37.7 Å². The number of nitrogens with one attached hydrogen (secondary N) is 1. The number of benzene rings is 2. The highest BCUT2D eigenvalue weighted by atomic mass is 32.2. The number of rotatable bonds is 6. The largest absolute Gasteiger partial charge is 0.325 e. The molecule has 0 unspecified atom stereocenters. The van der Waals surface area contributed by atoms with Gasteiger partial charge in [-0.05, 0) is 38.5 Å². The van der Waals surface area contributed by atoms with Crippen LogP contribution in [0, 0.1) is 13.8 Å². The number of aryl methyl sites for hydroxylation is 2. The molecule has 0 saturated carbocycles. The molecule has 2 aromatic carbocycles. The van der Waals surface area contributed by atoms with Gasteiger partial charge >= 0.3 is 0 Å². The zero-order valence-electron chi connectivity index (χ0n) is 15.1. The second-order valence-corrected chi connectivity index (χ2v) is 7.52. The highest BCUT2D eigenvalue weighted by Crippen LogP contribution is 2.24. The Balaban J connectivity index is 1.68. The number of hydrogen-bond donors (Lipinski definition) is 1. The predicted molar refractivity (Wildman–Crippen MR) is 105 cm³/mol. The monoisotopic (exact) mass is 366 g/mol. The summed E-state index contributed by atoms with van der Waals surface area (Å²) in [5, 5.41) is 11.8. The molecule has 0 bridgehead atoms. The molecule has 0 saturated heterocycles. The van der Waals surface area contributed by atoms with Gasteiger partial charge in [0, 0.05) is 5.69 Å². The van der Waals surface area contributed by atoms with Gasteiger partial charge in [0.05, 0.1) is 11.8 Å². The van der Waals surface area contributed by atoms with Gasteiger partial charge in [0.1, 0.15) is 5.82 Å². The molecule has 3 rings (SSSR count). The molecule has 0 spiro atoms. The van der Waals surface area contributed by atoms with Crippen LogP contribution >= 0.6 is 11.8 Å². The molecule has 1 N–H and O–H groups in total. The highest BCUT2D eigenvalue weighted by molar-refractivity contribution is 8.00. The van der Waals surface area contributed by atoms with Gasteiger partial charge in [-0.15, -0.1) is 10.2 Å². The Hall–Kier alpha value is -2.60. The lowest BCUT2D eigenvalue weighted by Gasteiger charge is -2.13. The quantitative estimate of drug-likeness (QED) is 0.668. The Morgan fingerprint density at radius 3 is 2.46 bits per heavy atom. The molecule has 3 aromatic rings. The summed E-state index contributed by atoms with van der Waals surface area (Å²) in [6.07, 6.45) is 0. The van der Waals surface area contributed by atoms with E-state index in [0.717, 1.165) is 22.2 Å². The minimum absolute atomic E-state index is 0.0502. The Morgan fingerprint density at radius 2 is 1.77 bits per heavy atom. The average molecular weight is 366 g/mol. The predicted octanol–water partition coefficient (Wildman–Crippen LogP) is 4.06. The van der Waals surface area contributed by atoms with Crippen molar-refractivity contribution in [1.29, 1.82) is 0 Å². The molecule has 5 nitrogen and oxygen atoms in total. The lowest BCUT2D eigenvalue weighted by Crippen LogP contribution is -2.23. The first kappa shape index (κ1) is 18.2.